The van der Waals surface area contributed by atoms with Gasteiger partial charge in [-0.1, -0.05) is 24.9 Å². The Morgan fingerprint density at radius 1 is 1.35 bits per heavy atom. The van der Waals surface area contributed by atoms with Crippen LogP contribution in [0.2, 0.25) is 5.02 Å². The summed E-state index contributed by atoms with van der Waals surface area (Å²) in [7, 11) is 0. The summed E-state index contributed by atoms with van der Waals surface area (Å²) in [4.78, 5) is 23.7. The van der Waals surface area contributed by atoms with Crippen LogP contribution in [-0.4, -0.2) is 24.6 Å². The molecule has 6 heteroatoms. The Bertz CT molecular complexity index is 490. The molecule has 0 fully saturated rings. The molecule has 0 aliphatic carbocycles. The Morgan fingerprint density at radius 2 is 2.05 bits per heavy atom. The zero-order valence-electron chi connectivity index (χ0n) is 11.5. The largest absolute Gasteiger partial charge is 0.463 e. The first-order valence-corrected chi connectivity index (χ1v) is 6.80. The summed E-state index contributed by atoms with van der Waals surface area (Å²) in [5.74, 6) is -1.21. The predicted octanol–water partition coefficient (Wildman–Crippen LogP) is 2.81. The van der Waals surface area contributed by atoms with Gasteiger partial charge in [-0.25, -0.2) is 9.59 Å². The SMILES string of the molecule is CCCC(OC(=O)c1ccc(Cl)cc1N)C(=O)OCC. The van der Waals surface area contributed by atoms with Gasteiger partial charge in [-0.2, -0.15) is 0 Å². The number of hydrogen-bond acceptors (Lipinski definition) is 5. The van der Waals surface area contributed by atoms with E-state index in [1.54, 1.807) is 6.92 Å². The third-order valence-corrected chi connectivity index (χ3v) is 2.82. The zero-order valence-corrected chi connectivity index (χ0v) is 12.3. The van der Waals surface area contributed by atoms with Crippen molar-refractivity contribution in [2.75, 3.05) is 12.3 Å². The Kier molecular flexibility index (Phi) is 6.31. The van der Waals surface area contributed by atoms with Crippen molar-refractivity contribution in [1.29, 1.82) is 0 Å². The van der Waals surface area contributed by atoms with Crippen molar-refractivity contribution in [1.82, 2.24) is 0 Å². The molecule has 1 unspecified atom stereocenters. The molecule has 0 radical (unpaired) electrons. The lowest BCUT2D eigenvalue weighted by Crippen LogP contribution is -2.29. The molecule has 1 aromatic carbocycles. The molecule has 1 aromatic rings. The molecule has 0 saturated heterocycles. The quantitative estimate of drug-likeness (QED) is 0.645. The van der Waals surface area contributed by atoms with Crippen LogP contribution in [0.25, 0.3) is 0 Å². The van der Waals surface area contributed by atoms with E-state index in [1.165, 1.54) is 18.2 Å². The highest BCUT2D eigenvalue weighted by Gasteiger charge is 2.24. The van der Waals surface area contributed by atoms with E-state index in [9.17, 15) is 9.59 Å². The van der Waals surface area contributed by atoms with Crippen LogP contribution in [0, 0.1) is 0 Å². The minimum absolute atomic E-state index is 0.180. The summed E-state index contributed by atoms with van der Waals surface area (Å²) < 4.78 is 10.0. The van der Waals surface area contributed by atoms with Crippen LogP contribution in [0.5, 0.6) is 0 Å². The highest BCUT2D eigenvalue weighted by Crippen LogP contribution is 2.20. The fourth-order valence-electron chi connectivity index (χ4n) is 1.63. The summed E-state index contributed by atoms with van der Waals surface area (Å²) in [6.45, 7) is 3.82. The highest BCUT2D eigenvalue weighted by molar-refractivity contribution is 6.31. The molecule has 1 atom stereocenters. The van der Waals surface area contributed by atoms with Crippen molar-refractivity contribution in [2.45, 2.75) is 32.8 Å². The van der Waals surface area contributed by atoms with Crippen LogP contribution in [0.1, 0.15) is 37.0 Å². The van der Waals surface area contributed by atoms with Gasteiger partial charge < -0.3 is 15.2 Å². The molecule has 0 amide bonds. The lowest BCUT2D eigenvalue weighted by Gasteiger charge is -2.16. The van der Waals surface area contributed by atoms with Crippen molar-refractivity contribution >= 4 is 29.2 Å². The van der Waals surface area contributed by atoms with Gasteiger partial charge in [0, 0.05) is 10.7 Å². The lowest BCUT2D eigenvalue weighted by atomic mass is 10.1. The number of ether oxygens (including phenoxy) is 2. The van der Waals surface area contributed by atoms with Gasteiger partial charge in [0.05, 0.1) is 12.2 Å². The first-order chi connectivity index (χ1) is 9.49. The summed E-state index contributed by atoms with van der Waals surface area (Å²) in [5.41, 5.74) is 6.10. The minimum Gasteiger partial charge on any atom is -0.463 e. The molecule has 5 nitrogen and oxygen atoms in total. The van der Waals surface area contributed by atoms with E-state index in [-0.39, 0.29) is 17.9 Å². The van der Waals surface area contributed by atoms with Crippen LogP contribution in [0.3, 0.4) is 0 Å². The predicted molar refractivity (Wildman–Crippen MR) is 76.6 cm³/mol. The van der Waals surface area contributed by atoms with Gasteiger partial charge in [0.25, 0.3) is 0 Å². The Morgan fingerprint density at radius 3 is 2.60 bits per heavy atom. The van der Waals surface area contributed by atoms with Crippen LogP contribution in [0.15, 0.2) is 18.2 Å². The van der Waals surface area contributed by atoms with Crippen LogP contribution in [0.4, 0.5) is 5.69 Å². The summed E-state index contributed by atoms with van der Waals surface area (Å²) in [6.07, 6.45) is 0.174. The van der Waals surface area contributed by atoms with E-state index >= 15 is 0 Å². The number of carbonyl (C=O) groups excluding carboxylic acids is 2. The van der Waals surface area contributed by atoms with Crippen molar-refractivity contribution < 1.29 is 19.1 Å². The van der Waals surface area contributed by atoms with Gasteiger partial charge in [0.1, 0.15) is 0 Å². The van der Waals surface area contributed by atoms with Crippen molar-refractivity contribution in [2.24, 2.45) is 0 Å². The first kappa shape index (κ1) is 16.3. The number of esters is 2. The van der Waals surface area contributed by atoms with E-state index in [4.69, 9.17) is 26.8 Å². The topological polar surface area (TPSA) is 78.6 Å². The number of nitrogen functional groups attached to an aromatic ring is 1. The number of nitrogens with two attached hydrogens (primary N) is 1. The number of hydrogen-bond donors (Lipinski definition) is 1. The molecule has 0 bridgehead atoms. The zero-order chi connectivity index (χ0) is 15.1. The van der Waals surface area contributed by atoms with Crippen LogP contribution < -0.4 is 5.73 Å². The second kappa shape index (κ2) is 7.75. The summed E-state index contributed by atoms with van der Waals surface area (Å²) >= 11 is 5.76. The lowest BCUT2D eigenvalue weighted by molar-refractivity contribution is -0.153. The normalized spacial score (nSPS) is 11.8. The molecule has 0 spiro atoms. The molecular weight excluding hydrogens is 282 g/mol. The smallest absolute Gasteiger partial charge is 0.347 e. The number of anilines is 1. The van der Waals surface area contributed by atoms with Gasteiger partial charge in [-0.05, 0) is 31.5 Å². The average Bonchev–Trinajstić information content (AvgIpc) is 2.38. The highest BCUT2D eigenvalue weighted by atomic mass is 35.5. The second-order valence-corrected chi connectivity index (χ2v) is 4.60. The van der Waals surface area contributed by atoms with E-state index in [0.29, 0.717) is 17.9 Å². The molecule has 0 aromatic heterocycles. The molecule has 110 valence electrons. The molecule has 0 saturated carbocycles. The standard InChI is InChI=1S/C14H18ClNO4/c1-3-5-12(14(18)19-4-2)20-13(17)10-7-6-9(15)8-11(10)16/h6-8,12H,3-5,16H2,1-2H3. The molecule has 1 rings (SSSR count). The first-order valence-electron chi connectivity index (χ1n) is 6.42. The monoisotopic (exact) mass is 299 g/mol. The van der Waals surface area contributed by atoms with Gasteiger partial charge >= 0.3 is 11.9 Å². The van der Waals surface area contributed by atoms with Gasteiger partial charge in [0.2, 0.25) is 0 Å². The van der Waals surface area contributed by atoms with Gasteiger partial charge in [-0.15, -0.1) is 0 Å². The van der Waals surface area contributed by atoms with Crippen molar-refractivity contribution in [3.05, 3.63) is 28.8 Å². The molecular formula is C14H18ClNO4. The minimum atomic E-state index is -0.914. The van der Waals surface area contributed by atoms with Crippen LogP contribution >= 0.6 is 11.6 Å². The number of carbonyl (C=O) groups is 2. The number of halogens is 1. The molecule has 0 aliphatic rings. The Labute approximate surface area is 123 Å². The fourth-order valence-corrected chi connectivity index (χ4v) is 1.81. The van der Waals surface area contributed by atoms with Crippen molar-refractivity contribution in [3.8, 4) is 0 Å². The fraction of sp³-hybridized carbons (Fsp3) is 0.429. The maximum atomic E-state index is 12.0. The third kappa shape index (κ3) is 4.42. The van der Waals surface area contributed by atoms with E-state index < -0.39 is 18.0 Å². The maximum absolute atomic E-state index is 12.0. The molecule has 2 N–H and O–H groups in total. The van der Waals surface area contributed by atoms with Crippen LogP contribution in [-0.2, 0) is 14.3 Å². The van der Waals surface area contributed by atoms with E-state index in [0.717, 1.165) is 0 Å². The molecule has 20 heavy (non-hydrogen) atoms. The molecule has 0 heterocycles. The average molecular weight is 300 g/mol. The van der Waals surface area contributed by atoms with Gasteiger partial charge in [-0.3, -0.25) is 0 Å². The summed E-state index contributed by atoms with van der Waals surface area (Å²) in [5, 5.41) is 0.426. The van der Waals surface area contributed by atoms with E-state index in [2.05, 4.69) is 0 Å². The Hall–Kier alpha value is -1.75. The third-order valence-electron chi connectivity index (χ3n) is 2.58. The maximum Gasteiger partial charge on any atom is 0.347 e. The Balaban J connectivity index is 2.82. The summed E-state index contributed by atoms with van der Waals surface area (Å²) in [6, 6.07) is 4.46. The van der Waals surface area contributed by atoms with Gasteiger partial charge in [0.15, 0.2) is 6.10 Å². The second-order valence-electron chi connectivity index (χ2n) is 4.17. The number of rotatable bonds is 6. The number of benzene rings is 1. The van der Waals surface area contributed by atoms with Crippen molar-refractivity contribution in [3.63, 3.8) is 0 Å². The van der Waals surface area contributed by atoms with E-state index in [1.807, 2.05) is 6.92 Å². The molecule has 0 aliphatic heterocycles.